The normalized spacial score (nSPS) is 28.2. The highest BCUT2D eigenvalue weighted by Gasteiger charge is 2.71. The van der Waals surface area contributed by atoms with Crippen LogP contribution in [-0.4, -0.2) is 46.5 Å². The molecule has 2 fully saturated rings. The van der Waals surface area contributed by atoms with Crippen molar-refractivity contribution < 1.29 is 9.84 Å². The van der Waals surface area contributed by atoms with Gasteiger partial charge in [-0.25, -0.2) is 0 Å². The summed E-state index contributed by atoms with van der Waals surface area (Å²) in [6.07, 6.45) is -0.312. The lowest BCUT2D eigenvalue weighted by Gasteiger charge is -2.46. The first kappa shape index (κ1) is 20.7. The number of halogens is 1. The highest BCUT2D eigenvalue weighted by molar-refractivity contribution is 6.30. The van der Waals surface area contributed by atoms with E-state index in [1.807, 2.05) is 53.4 Å². The molecule has 3 aromatic carbocycles. The Bertz CT molecular complexity index is 1200. The van der Waals surface area contributed by atoms with Crippen molar-refractivity contribution in [2.45, 2.75) is 24.8 Å². The lowest BCUT2D eigenvalue weighted by molar-refractivity contribution is -0.0889. The quantitative estimate of drug-likeness (QED) is 0.611. The lowest BCUT2D eigenvalue weighted by atomic mass is 9.66. The van der Waals surface area contributed by atoms with Crippen LogP contribution in [0.4, 0.5) is 0 Å². The summed E-state index contributed by atoms with van der Waals surface area (Å²) >= 11 is 6.36. The molecule has 168 valence electrons. The molecule has 5 nitrogen and oxygen atoms in total. The highest BCUT2D eigenvalue weighted by atomic mass is 35.5. The van der Waals surface area contributed by atoms with Crippen LogP contribution in [0.5, 0.6) is 5.75 Å². The number of nitrogens with one attached hydrogen (secondary N) is 1. The van der Waals surface area contributed by atoms with Crippen LogP contribution in [-0.2, 0) is 18.7 Å². The van der Waals surface area contributed by atoms with Crippen LogP contribution in [0, 0.1) is 10.8 Å². The van der Waals surface area contributed by atoms with Crippen molar-refractivity contribution in [1.29, 1.82) is 5.41 Å². The number of hydrogen-bond acceptors (Lipinski definition) is 4. The van der Waals surface area contributed by atoms with Gasteiger partial charge in [0.05, 0.1) is 6.54 Å². The van der Waals surface area contributed by atoms with E-state index in [-0.39, 0.29) is 6.10 Å². The monoisotopic (exact) mass is 459 g/mol. The average molecular weight is 460 g/mol. The zero-order valence-electron chi connectivity index (χ0n) is 18.2. The van der Waals surface area contributed by atoms with Gasteiger partial charge in [-0.15, -0.1) is 0 Å². The van der Waals surface area contributed by atoms with E-state index in [1.54, 1.807) is 6.07 Å². The fraction of sp³-hybridized carbons (Fsp3) is 0.296. The molecule has 3 heterocycles. The van der Waals surface area contributed by atoms with E-state index in [4.69, 9.17) is 16.3 Å². The van der Waals surface area contributed by atoms with Crippen molar-refractivity contribution in [2.24, 2.45) is 5.41 Å². The van der Waals surface area contributed by atoms with Gasteiger partial charge in [0.2, 0.25) is 0 Å². The van der Waals surface area contributed by atoms with E-state index in [2.05, 4.69) is 29.2 Å². The zero-order chi connectivity index (χ0) is 22.6. The number of amidine groups is 1. The van der Waals surface area contributed by atoms with Crippen LogP contribution >= 0.6 is 11.6 Å². The van der Waals surface area contributed by atoms with E-state index in [9.17, 15) is 10.5 Å². The zero-order valence-corrected chi connectivity index (χ0v) is 19.0. The van der Waals surface area contributed by atoms with Gasteiger partial charge in [0.25, 0.3) is 0 Å². The highest BCUT2D eigenvalue weighted by Crippen LogP contribution is 2.59. The SMILES string of the molecule is N=C1N(Cc2ccccc2)C[C@]2(O)c3cc(Cl)ccc3O[C@H]3CN(Cc4ccccc4)C[C@]132. The molecule has 0 saturated carbocycles. The summed E-state index contributed by atoms with van der Waals surface area (Å²) in [6, 6.07) is 25.9. The fourth-order valence-corrected chi connectivity index (χ4v) is 6.13. The van der Waals surface area contributed by atoms with Crippen LogP contribution in [0.3, 0.4) is 0 Å². The molecule has 3 atom stereocenters. The summed E-state index contributed by atoms with van der Waals surface area (Å²) in [5.74, 6) is 1.11. The van der Waals surface area contributed by atoms with Crippen molar-refractivity contribution in [1.82, 2.24) is 9.80 Å². The van der Waals surface area contributed by atoms with Crippen molar-refractivity contribution in [3.8, 4) is 5.75 Å². The van der Waals surface area contributed by atoms with Gasteiger partial charge in [0.1, 0.15) is 28.7 Å². The second-order valence-electron chi connectivity index (χ2n) is 9.42. The molecule has 33 heavy (non-hydrogen) atoms. The lowest BCUT2D eigenvalue weighted by Crippen LogP contribution is -2.58. The smallest absolute Gasteiger partial charge is 0.128 e. The van der Waals surface area contributed by atoms with E-state index in [0.717, 1.165) is 12.1 Å². The van der Waals surface area contributed by atoms with Gasteiger partial charge in [-0.05, 0) is 29.3 Å². The molecule has 6 heteroatoms. The largest absolute Gasteiger partial charge is 0.487 e. The van der Waals surface area contributed by atoms with Crippen molar-refractivity contribution >= 4 is 17.4 Å². The summed E-state index contributed by atoms with van der Waals surface area (Å²) in [5, 5.41) is 22.3. The molecule has 2 N–H and O–H groups in total. The molecule has 0 unspecified atom stereocenters. The van der Waals surface area contributed by atoms with Crippen LogP contribution in [0.15, 0.2) is 78.9 Å². The fourth-order valence-electron chi connectivity index (χ4n) is 5.95. The standard InChI is InChI=1S/C27H26ClN3O2/c28-21-11-12-23-22(13-21)27(32)18-31(15-20-9-5-2-6-10-20)25(29)26(27)17-30(16-24(26)33-23)14-19-7-3-1-4-8-19/h1-13,24,29,32H,14-18H2/t24-,26+,27-/m0/s1. The Morgan fingerprint density at radius 3 is 2.30 bits per heavy atom. The molecule has 3 aromatic rings. The van der Waals surface area contributed by atoms with E-state index in [1.165, 1.54) is 5.56 Å². The van der Waals surface area contributed by atoms with E-state index in [0.29, 0.717) is 48.4 Å². The van der Waals surface area contributed by atoms with Gasteiger partial charge in [0, 0.05) is 36.8 Å². The summed E-state index contributed by atoms with van der Waals surface area (Å²) in [4.78, 5) is 4.31. The topological polar surface area (TPSA) is 59.8 Å². The Morgan fingerprint density at radius 2 is 1.61 bits per heavy atom. The Labute approximate surface area is 198 Å². The molecular formula is C27H26ClN3O2. The van der Waals surface area contributed by atoms with Gasteiger partial charge in [-0.2, -0.15) is 0 Å². The molecule has 2 saturated heterocycles. The first-order valence-corrected chi connectivity index (χ1v) is 11.7. The molecule has 0 bridgehead atoms. The Balaban J connectivity index is 1.41. The number of ether oxygens (including phenoxy) is 1. The van der Waals surface area contributed by atoms with Crippen LogP contribution < -0.4 is 4.74 Å². The minimum absolute atomic E-state index is 0.312. The van der Waals surface area contributed by atoms with E-state index < -0.39 is 11.0 Å². The van der Waals surface area contributed by atoms with Gasteiger partial charge < -0.3 is 14.7 Å². The Kier molecular flexibility index (Phi) is 4.77. The molecule has 3 aliphatic rings. The third-order valence-corrected chi connectivity index (χ3v) is 7.70. The van der Waals surface area contributed by atoms with Crippen molar-refractivity contribution in [3.63, 3.8) is 0 Å². The van der Waals surface area contributed by atoms with Crippen LogP contribution in [0.25, 0.3) is 0 Å². The second kappa shape index (κ2) is 7.59. The maximum absolute atomic E-state index is 12.4. The molecule has 0 aromatic heterocycles. The summed E-state index contributed by atoms with van der Waals surface area (Å²) in [7, 11) is 0. The van der Waals surface area contributed by atoms with Gasteiger partial charge in [-0.1, -0.05) is 72.3 Å². The molecule has 1 spiro atoms. The molecule has 0 radical (unpaired) electrons. The summed E-state index contributed by atoms with van der Waals surface area (Å²) in [6.45, 7) is 2.87. The van der Waals surface area contributed by atoms with Crippen molar-refractivity contribution in [3.05, 3.63) is 101 Å². The number of β-amino-alcohol motifs (C(OH)–C–C–N with tert-alkyl or cyclic N) is 1. The minimum atomic E-state index is -1.26. The maximum Gasteiger partial charge on any atom is 0.128 e. The Morgan fingerprint density at radius 1 is 0.939 bits per heavy atom. The molecule has 0 aliphatic carbocycles. The predicted octanol–water partition coefficient (Wildman–Crippen LogP) is 4.28. The van der Waals surface area contributed by atoms with Gasteiger partial charge >= 0.3 is 0 Å². The van der Waals surface area contributed by atoms with Crippen LogP contribution in [0.1, 0.15) is 16.7 Å². The average Bonchev–Trinajstić information content (AvgIpc) is 3.29. The maximum atomic E-state index is 12.4. The number of nitrogens with zero attached hydrogens (tertiary/aromatic N) is 2. The number of fused-ring (bicyclic) bond motifs is 2. The second-order valence-corrected chi connectivity index (χ2v) is 9.86. The molecule has 0 amide bonds. The first-order chi connectivity index (χ1) is 16.0. The van der Waals surface area contributed by atoms with Gasteiger partial charge in [-0.3, -0.25) is 10.3 Å². The predicted molar refractivity (Wildman–Crippen MR) is 128 cm³/mol. The van der Waals surface area contributed by atoms with Gasteiger partial charge in [0.15, 0.2) is 0 Å². The minimum Gasteiger partial charge on any atom is -0.487 e. The molecular weight excluding hydrogens is 434 g/mol. The number of benzene rings is 3. The Hall–Kier alpha value is -2.86. The number of aliphatic hydroxyl groups is 1. The third-order valence-electron chi connectivity index (χ3n) is 7.46. The van der Waals surface area contributed by atoms with E-state index >= 15 is 0 Å². The molecule has 3 aliphatic heterocycles. The first-order valence-electron chi connectivity index (χ1n) is 11.3. The third kappa shape index (κ3) is 3.11. The van der Waals surface area contributed by atoms with Crippen LogP contribution in [0.2, 0.25) is 5.02 Å². The number of likely N-dealkylation sites (tertiary alicyclic amines) is 2. The summed E-state index contributed by atoms with van der Waals surface area (Å²) < 4.78 is 6.49. The number of hydrogen-bond donors (Lipinski definition) is 2. The number of rotatable bonds is 4. The summed E-state index contributed by atoms with van der Waals surface area (Å²) in [5.41, 5.74) is 0.904. The molecule has 6 rings (SSSR count). The van der Waals surface area contributed by atoms with Crippen molar-refractivity contribution in [2.75, 3.05) is 19.6 Å².